The highest BCUT2D eigenvalue weighted by atomic mass is 79.9. The predicted molar refractivity (Wildman–Crippen MR) is 69.4 cm³/mol. The summed E-state index contributed by atoms with van der Waals surface area (Å²) in [5.74, 6) is 0.0376. The van der Waals surface area contributed by atoms with E-state index in [2.05, 4.69) is 15.9 Å². The van der Waals surface area contributed by atoms with Gasteiger partial charge in [0, 0.05) is 17.9 Å². The number of halogens is 2. The van der Waals surface area contributed by atoms with E-state index in [1.165, 1.54) is 0 Å². The minimum atomic E-state index is 0.0376. The molecule has 0 radical (unpaired) electrons. The Morgan fingerprint density at radius 1 is 1.56 bits per heavy atom. The van der Waals surface area contributed by atoms with E-state index in [1.807, 2.05) is 24.0 Å². The Bertz CT molecular complexity index is 421. The Kier molecular flexibility index (Phi) is 3.55. The molecular formula is C12H13BrClNO. The van der Waals surface area contributed by atoms with Crippen LogP contribution in [-0.2, 0) is 0 Å². The zero-order chi connectivity index (χ0) is 11.7. The maximum absolute atomic E-state index is 12.2. The van der Waals surface area contributed by atoms with Crippen LogP contribution >= 0.6 is 27.5 Å². The molecule has 1 fully saturated rings. The monoisotopic (exact) mass is 301 g/mol. The molecule has 0 saturated carbocycles. The summed E-state index contributed by atoms with van der Waals surface area (Å²) in [6.07, 6.45) is 1.01. The topological polar surface area (TPSA) is 20.3 Å². The van der Waals surface area contributed by atoms with Crippen LogP contribution in [0.1, 0.15) is 22.3 Å². The second kappa shape index (κ2) is 4.76. The Hall–Kier alpha value is -0.540. The van der Waals surface area contributed by atoms with Crippen molar-refractivity contribution >= 4 is 33.4 Å². The summed E-state index contributed by atoms with van der Waals surface area (Å²) in [5, 5.41) is 0.575. The molecule has 1 aliphatic heterocycles. The molecule has 0 bridgehead atoms. The van der Waals surface area contributed by atoms with Crippen LogP contribution in [0.2, 0.25) is 5.02 Å². The average molecular weight is 303 g/mol. The van der Waals surface area contributed by atoms with E-state index < -0.39 is 0 Å². The summed E-state index contributed by atoms with van der Waals surface area (Å²) in [6, 6.07) is 5.58. The third kappa shape index (κ3) is 2.25. The first-order valence-corrected chi connectivity index (χ1v) is 6.57. The molecule has 86 valence electrons. The van der Waals surface area contributed by atoms with Crippen LogP contribution in [0.4, 0.5) is 0 Å². The molecule has 0 N–H and O–H groups in total. The fourth-order valence-electron chi connectivity index (χ4n) is 1.89. The number of nitrogens with zero attached hydrogens (tertiary/aromatic N) is 1. The summed E-state index contributed by atoms with van der Waals surface area (Å²) < 4.78 is 0. The first-order chi connectivity index (χ1) is 7.59. The second-order valence-electron chi connectivity index (χ2n) is 4.07. The number of hydrogen-bond acceptors (Lipinski definition) is 1. The van der Waals surface area contributed by atoms with Crippen molar-refractivity contribution in [2.45, 2.75) is 18.2 Å². The van der Waals surface area contributed by atoms with Crippen LogP contribution in [0.5, 0.6) is 0 Å². The van der Waals surface area contributed by atoms with Crippen molar-refractivity contribution in [2.24, 2.45) is 0 Å². The summed E-state index contributed by atoms with van der Waals surface area (Å²) >= 11 is 9.67. The van der Waals surface area contributed by atoms with Gasteiger partial charge in [-0.25, -0.2) is 0 Å². The highest BCUT2D eigenvalue weighted by Crippen LogP contribution is 2.24. The lowest BCUT2D eigenvalue weighted by molar-refractivity contribution is 0.0793. The molecule has 1 amide bonds. The van der Waals surface area contributed by atoms with Crippen molar-refractivity contribution < 1.29 is 4.79 Å². The Labute approximate surface area is 109 Å². The van der Waals surface area contributed by atoms with Gasteiger partial charge in [-0.2, -0.15) is 0 Å². The van der Waals surface area contributed by atoms with E-state index in [0.29, 0.717) is 15.4 Å². The standard InChI is InChI=1S/C12H13BrClNO/c1-8-3-2-4-10(11(8)14)12(16)15-6-5-9(13)7-15/h2-4,9H,5-7H2,1H3. The van der Waals surface area contributed by atoms with Crippen molar-refractivity contribution in [1.29, 1.82) is 0 Å². The number of rotatable bonds is 1. The van der Waals surface area contributed by atoms with Gasteiger partial charge in [-0.3, -0.25) is 4.79 Å². The Balaban J connectivity index is 2.24. The van der Waals surface area contributed by atoms with Crippen LogP contribution in [0, 0.1) is 6.92 Å². The molecule has 1 aromatic rings. The normalized spacial score (nSPS) is 20.2. The summed E-state index contributed by atoms with van der Waals surface area (Å²) in [7, 11) is 0. The van der Waals surface area contributed by atoms with E-state index in [4.69, 9.17) is 11.6 Å². The van der Waals surface area contributed by atoms with Crippen LogP contribution in [0.15, 0.2) is 18.2 Å². The van der Waals surface area contributed by atoms with Crippen molar-refractivity contribution in [3.8, 4) is 0 Å². The number of carbonyl (C=O) groups is 1. The first-order valence-electron chi connectivity index (χ1n) is 5.28. The lowest BCUT2D eigenvalue weighted by Gasteiger charge is -2.16. The number of aryl methyl sites for hydroxylation is 1. The molecule has 1 unspecified atom stereocenters. The molecule has 4 heteroatoms. The molecule has 1 aliphatic rings. The molecule has 1 saturated heterocycles. The molecular weight excluding hydrogens is 289 g/mol. The summed E-state index contributed by atoms with van der Waals surface area (Å²) in [4.78, 5) is 14.5. The molecule has 1 heterocycles. The van der Waals surface area contributed by atoms with E-state index in [0.717, 1.165) is 25.1 Å². The van der Waals surface area contributed by atoms with E-state index >= 15 is 0 Å². The van der Waals surface area contributed by atoms with E-state index in [1.54, 1.807) is 6.07 Å². The van der Waals surface area contributed by atoms with Crippen LogP contribution in [0.3, 0.4) is 0 Å². The molecule has 16 heavy (non-hydrogen) atoms. The SMILES string of the molecule is Cc1cccc(C(=O)N2CCC(Br)C2)c1Cl. The minimum absolute atomic E-state index is 0.0376. The zero-order valence-electron chi connectivity index (χ0n) is 9.04. The van der Waals surface area contributed by atoms with Crippen molar-refractivity contribution in [3.05, 3.63) is 34.3 Å². The number of amides is 1. The average Bonchev–Trinajstić information content (AvgIpc) is 2.68. The number of alkyl halides is 1. The molecule has 2 nitrogen and oxygen atoms in total. The van der Waals surface area contributed by atoms with Gasteiger partial charge in [-0.15, -0.1) is 0 Å². The zero-order valence-corrected chi connectivity index (χ0v) is 11.4. The van der Waals surface area contributed by atoms with Crippen molar-refractivity contribution in [3.63, 3.8) is 0 Å². The molecule has 0 aromatic heterocycles. The maximum atomic E-state index is 12.2. The maximum Gasteiger partial charge on any atom is 0.255 e. The number of carbonyl (C=O) groups excluding carboxylic acids is 1. The van der Waals surface area contributed by atoms with Gasteiger partial charge in [-0.05, 0) is 25.0 Å². The third-order valence-corrected chi connectivity index (χ3v) is 4.09. The molecule has 1 aromatic carbocycles. The van der Waals surface area contributed by atoms with Gasteiger partial charge >= 0.3 is 0 Å². The Morgan fingerprint density at radius 3 is 2.94 bits per heavy atom. The van der Waals surface area contributed by atoms with Gasteiger partial charge in [0.1, 0.15) is 0 Å². The third-order valence-electron chi connectivity index (χ3n) is 2.84. The number of likely N-dealkylation sites (tertiary alicyclic amines) is 1. The van der Waals surface area contributed by atoms with Gasteiger partial charge in [0.2, 0.25) is 0 Å². The molecule has 1 atom stereocenters. The van der Waals surface area contributed by atoms with Gasteiger partial charge in [0.05, 0.1) is 10.6 Å². The summed E-state index contributed by atoms with van der Waals surface area (Å²) in [6.45, 7) is 3.48. The molecule has 0 aliphatic carbocycles. The lowest BCUT2D eigenvalue weighted by atomic mass is 10.1. The van der Waals surface area contributed by atoms with Gasteiger partial charge in [-0.1, -0.05) is 39.7 Å². The fourth-order valence-corrected chi connectivity index (χ4v) is 2.65. The Morgan fingerprint density at radius 2 is 2.31 bits per heavy atom. The quantitative estimate of drug-likeness (QED) is 0.729. The highest BCUT2D eigenvalue weighted by molar-refractivity contribution is 9.09. The molecule has 2 rings (SSSR count). The number of benzene rings is 1. The second-order valence-corrected chi connectivity index (χ2v) is 5.75. The first kappa shape index (κ1) is 11.9. The smallest absolute Gasteiger partial charge is 0.255 e. The van der Waals surface area contributed by atoms with Crippen molar-refractivity contribution in [2.75, 3.05) is 13.1 Å². The van der Waals surface area contributed by atoms with Crippen LogP contribution < -0.4 is 0 Å². The van der Waals surface area contributed by atoms with Crippen molar-refractivity contribution in [1.82, 2.24) is 4.90 Å². The van der Waals surface area contributed by atoms with E-state index in [9.17, 15) is 4.79 Å². The largest absolute Gasteiger partial charge is 0.337 e. The fraction of sp³-hybridized carbons (Fsp3) is 0.417. The van der Waals surface area contributed by atoms with Gasteiger partial charge in [0.15, 0.2) is 0 Å². The number of hydrogen-bond donors (Lipinski definition) is 0. The van der Waals surface area contributed by atoms with Crippen LogP contribution in [-0.4, -0.2) is 28.7 Å². The molecule has 0 spiro atoms. The van der Waals surface area contributed by atoms with Gasteiger partial charge in [0.25, 0.3) is 5.91 Å². The van der Waals surface area contributed by atoms with E-state index in [-0.39, 0.29) is 5.91 Å². The minimum Gasteiger partial charge on any atom is -0.337 e. The van der Waals surface area contributed by atoms with Crippen LogP contribution in [0.25, 0.3) is 0 Å². The lowest BCUT2D eigenvalue weighted by Crippen LogP contribution is -2.29. The highest BCUT2D eigenvalue weighted by Gasteiger charge is 2.26. The van der Waals surface area contributed by atoms with Gasteiger partial charge < -0.3 is 4.90 Å². The predicted octanol–water partition coefficient (Wildman–Crippen LogP) is 3.26. The summed E-state index contributed by atoms with van der Waals surface area (Å²) in [5.41, 5.74) is 1.56.